The average molecular weight is 395 g/mol. The second kappa shape index (κ2) is 7.23. The summed E-state index contributed by atoms with van der Waals surface area (Å²) in [4.78, 5) is 16.1. The molecule has 8 heteroatoms. The van der Waals surface area contributed by atoms with E-state index >= 15 is 0 Å². The van der Waals surface area contributed by atoms with Gasteiger partial charge in [0.05, 0.1) is 0 Å². The molecular formula is C17H19ClN4OS2. The maximum Gasteiger partial charge on any atom is 0.282 e. The van der Waals surface area contributed by atoms with Crippen LogP contribution in [0.25, 0.3) is 0 Å². The summed E-state index contributed by atoms with van der Waals surface area (Å²) in [5, 5.41) is 12.6. The van der Waals surface area contributed by atoms with Crippen molar-refractivity contribution < 1.29 is 4.79 Å². The minimum absolute atomic E-state index is 0.106. The Balaban J connectivity index is 1.41. The number of rotatable bonds is 4. The van der Waals surface area contributed by atoms with Gasteiger partial charge in [-0.05, 0) is 63.0 Å². The Hall–Kier alpha value is -1.15. The Bertz CT molecular complexity index is 756. The molecule has 1 aromatic heterocycles. The minimum atomic E-state index is -0.106. The second-order valence-corrected chi connectivity index (χ2v) is 9.28. The second-order valence-electron chi connectivity index (χ2n) is 6.54. The Morgan fingerprint density at radius 2 is 2.00 bits per heavy atom. The predicted octanol–water partition coefficient (Wildman–Crippen LogP) is 3.56. The van der Waals surface area contributed by atoms with Crippen molar-refractivity contribution in [1.82, 2.24) is 20.4 Å². The number of piperidine rings is 3. The number of nitrogens with zero attached hydrogens (tertiary/aromatic N) is 3. The van der Waals surface area contributed by atoms with Crippen LogP contribution in [0, 0.1) is 5.92 Å². The van der Waals surface area contributed by atoms with Gasteiger partial charge in [-0.3, -0.25) is 9.69 Å². The van der Waals surface area contributed by atoms with Crippen LogP contribution in [0.5, 0.6) is 0 Å². The maximum atomic E-state index is 12.6. The highest BCUT2D eigenvalue weighted by Crippen LogP contribution is 2.33. The third kappa shape index (κ3) is 3.69. The topological polar surface area (TPSA) is 58.1 Å². The molecule has 4 heterocycles. The first-order chi connectivity index (χ1) is 12.1. The molecule has 1 aromatic carbocycles. The van der Waals surface area contributed by atoms with Crippen molar-refractivity contribution >= 4 is 40.6 Å². The van der Waals surface area contributed by atoms with Crippen LogP contribution in [0.3, 0.4) is 0 Å². The maximum absolute atomic E-state index is 12.6. The van der Waals surface area contributed by atoms with Gasteiger partial charge < -0.3 is 5.32 Å². The summed E-state index contributed by atoms with van der Waals surface area (Å²) in [5.74, 6) is 0.478. The van der Waals surface area contributed by atoms with Gasteiger partial charge in [0, 0.05) is 22.0 Å². The summed E-state index contributed by atoms with van der Waals surface area (Å²) in [5.41, 5.74) is 0. The SMILES string of the molecule is C[C@H]1[C@H](NC(=O)c2nnc(Sc3ccc(Cl)cc3)s2)C2CCN1CC2. The van der Waals surface area contributed by atoms with Crippen molar-refractivity contribution in [3.8, 4) is 0 Å². The van der Waals surface area contributed by atoms with E-state index in [0.717, 1.165) is 22.3 Å². The molecule has 2 aromatic rings. The molecule has 3 saturated heterocycles. The normalized spacial score (nSPS) is 28.1. The molecule has 1 amide bonds. The van der Waals surface area contributed by atoms with Crippen LogP contribution < -0.4 is 5.32 Å². The van der Waals surface area contributed by atoms with E-state index in [1.54, 1.807) is 0 Å². The quantitative estimate of drug-likeness (QED) is 0.859. The number of benzene rings is 1. The van der Waals surface area contributed by atoms with E-state index in [4.69, 9.17) is 11.6 Å². The fraction of sp³-hybridized carbons (Fsp3) is 0.471. The standard InChI is InChI=1S/C17H19ClN4OS2/c1-10-14(11-6-8-22(10)9-7-11)19-15(23)16-20-21-17(25-16)24-13-4-2-12(18)3-5-13/h2-5,10-11,14H,6-9H2,1H3,(H,19,23)/t10-,14-/m0/s1. The van der Waals surface area contributed by atoms with Crippen LogP contribution in [-0.2, 0) is 0 Å². The lowest BCUT2D eigenvalue weighted by Gasteiger charge is -2.49. The highest BCUT2D eigenvalue weighted by Gasteiger charge is 2.40. The number of aromatic nitrogens is 2. The lowest BCUT2D eigenvalue weighted by Crippen LogP contribution is -2.62. The predicted molar refractivity (Wildman–Crippen MR) is 100 cm³/mol. The molecule has 5 rings (SSSR count). The summed E-state index contributed by atoms with van der Waals surface area (Å²) in [7, 11) is 0. The number of fused-ring (bicyclic) bond motifs is 3. The number of halogens is 1. The third-order valence-electron chi connectivity index (χ3n) is 5.10. The fourth-order valence-electron chi connectivity index (χ4n) is 3.70. The molecule has 0 unspecified atom stereocenters. The highest BCUT2D eigenvalue weighted by atomic mass is 35.5. The Labute approximate surface area is 160 Å². The Kier molecular flexibility index (Phi) is 4.99. The number of nitrogens with one attached hydrogen (secondary N) is 1. The third-order valence-corrected chi connectivity index (χ3v) is 7.33. The largest absolute Gasteiger partial charge is 0.345 e. The summed E-state index contributed by atoms with van der Waals surface area (Å²) in [6, 6.07) is 8.16. The molecule has 5 nitrogen and oxygen atoms in total. The zero-order valence-electron chi connectivity index (χ0n) is 13.8. The van der Waals surface area contributed by atoms with Crippen molar-refractivity contribution in [2.45, 2.75) is 41.1 Å². The Morgan fingerprint density at radius 1 is 1.28 bits per heavy atom. The van der Waals surface area contributed by atoms with Crippen molar-refractivity contribution in [3.05, 3.63) is 34.3 Å². The van der Waals surface area contributed by atoms with Crippen molar-refractivity contribution in [1.29, 1.82) is 0 Å². The van der Waals surface area contributed by atoms with Crippen LogP contribution >= 0.6 is 34.7 Å². The van der Waals surface area contributed by atoms with Gasteiger partial charge in [0.25, 0.3) is 5.91 Å². The van der Waals surface area contributed by atoms with E-state index in [2.05, 4.69) is 27.3 Å². The molecule has 0 radical (unpaired) electrons. The molecule has 0 spiro atoms. The van der Waals surface area contributed by atoms with Crippen LogP contribution in [-0.4, -0.2) is 46.2 Å². The fourth-order valence-corrected chi connectivity index (χ4v) is 5.56. The first kappa shape index (κ1) is 17.3. The molecule has 2 atom stereocenters. The minimum Gasteiger partial charge on any atom is -0.345 e. The monoisotopic (exact) mass is 394 g/mol. The van der Waals surface area contributed by atoms with Gasteiger partial charge in [-0.15, -0.1) is 10.2 Å². The van der Waals surface area contributed by atoms with Gasteiger partial charge in [0.15, 0.2) is 4.34 Å². The van der Waals surface area contributed by atoms with E-state index in [1.165, 1.54) is 35.9 Å². The van der Waals surface area contributed by atoms with Gasteiger partial charge in [-0.25, -0.2) is 0 Å². The summed E-state index contributed by atoms with van der Waals surface area (Å²) < 4.78 is 0.759. The summed E-state index contributed by atoms with van der Waals surface area (Å²) in [6.45, 7) is 4.51. The van der Waals surface area contributed by atoms with Crippen LogP contribution in [0.2, 0.25) is 5.02 Å². The van der Waals surface area contributed by atoms with Crippen LogP contribution in [0.15, 0.2) is 33.5 Å². The lowest BCUT2D eigenvalue weighted by molar-refractivity contribution is 0.0217. The molecule has 0 saturated carbocycles. The molecule has 3 fully saturated rings. The zero-order chi connectivity index (χ0) is 17.4. The van der Waals surface area contributed by atoms with Crippen LogP contribution in [0.4, 0.5) is 0 Å². The van der Waals surface area contributed by atoms with E-state index in [-0.39, 0.29) is 11.9 Å². The summed E-state index contributed by atoms with van der Waals surface area (Å²) >= 11 is 8.72. The van der Waals surface area contributed by atoms with E-state index < -0.39 is 0 Å². The first-order valence-corrected chi connectivity index (χ1v) is 10.4. The smallest absolute Gasteiger partial charge is 0.282 e. The molecular weight excluding hydrogens is 376 g/mol. The molecule has 3 aliphatic rings. The van der Waals surface area contributed by atoms with E-state index in [1.807, 2.05) is 24.3 Å². The molecule has 132 valence electrons. The van der Waals surface area contributed by atoms with Gasteiger partial charge in [-0.2, -0.15) is 0 Å². The molecule has 25 heavy (non-hydrogen) atoms. The van der Waals surface area contributed by atoms with E-state index in [9.17, 15) is 4.79 Å². The number of amides is 1. The van der Waals surface area contributed by atoms with Gasteiger partial charge >= 0.3 is 0 Å². The Morgan fingerprint density at radius 3 is 2.68 bits per heavy atom. The van der Waals surface area contributed by atoms with Crippen LogP contribution in [0.1, 0.15) is 29.6 Å². The number of hydrogen-bond acceptors (Lipinski definition) is 6. The molecule has 1 N–H and O–H groups in total. The molecule has 0 aliphatic carbocycles. The highest BCUT2D eigenvalue weighted by molar-refractivity contribution is 8.01. The lowest BCUT2D eigenvalue weighted by atomic mass is 9.79. The first-order valence-electron chi connectivity index (χ1n) is 8.42. The van der Waals surface area contributed by atoms with Gasteiger partial charge in [0.2, 0.25) is 5.01 Å². The van der Waals surface area contributed by atoms with Crippen molar-refractivity contribution in [3.63, 3.8) is 0 Å². The number of carbonyl (C=O) groups is 1. The average Bonchev–Trinajstić information content (AvgIpc) is 3.09. The number of hydrogen-bond donors (Lipinski definition) is 1. The molecule has 3 aliphatic heterocycles. The zero-order valence-corrected chi connectivity index (χ0v) is 16.2. The van der Waals surface area contributed by atoms with Crippen molar-refractivity contribution in [2.24, 2.45) is 5.92 Å². The van der Waals surface area contributed by atoms with Crippen molar-refractivity contribution in [2.75, 3.05) is 13.1 Å². The molecule has 2 bridgehead atoms. The summed E-state index contributed by atoms with van der Waals surface area (Å²) in [6.07, 6.45) is 2.34. The van der Waals surface area contributed by atoms with E-state index in [0.29, 0.717) is 22.0 Å². The van der Waals surface area contributed by atoms with Gasteiger partial charge in [-0.1, -0.05) is 34.7 Å². The number of carbonyl (C=O) groups excluding carboxylic acids is 1. The van der Waals surface area contributed by atoms with Gasteiger partial charge in [0.1, 0.15) is 0 Å².